The smallest absolute Gasteiger partial charge is 0.435 e. The molecule has 0 radical (unpaired) electrons. The summed E-state index contributed by atoms with van der Waals surface area (Å²) in [5.41, 5.74) is -6.89. The van der Waals surface area contributed by atoms with Crippen molar-refractivity contribution in [1.82, 2.24) is 29.5 Å². The van der Waals surface area contributed by atoms with Gasteiger partial charge in [0.25, 0.3) is 0 Å². The molecule has 0 fully saturated rings. The minimum absolute atomic E-state index is 0.0430. The molecular weight excluding hydrogens is 634 g/mol. The van der Waals surface area contributed by atoms with Crippen molar-refractivity contribution in [3.05, 3.63) is 44.7 Å². The number of aromatic nitrogens is 6. The quantitative estimate of drug-likeness (QED) is 0.191. The van der Waals surface area contributed by atoms with Crippen molar-refractivity contribution in [1.29, 1.82) is 0 Å². The molecule has 4 rings (SSSR count). The van der Waals surface area contributed by atoms with Gasteiger partial charge in [0.15, 0.2) is 22.8 Å². The third-order valence-corrected chi connectivity index (χ3v) is 7.35. The fourth-order valence-electron chi connectivity index (χ4n) is 4.01. The molecule has 0 amide bonds. The number of thiazole rings is 2. The number of nitrogens with zero attached hydrogens (tertiary/aromatic N) is 6. The van der Waals surface area contributed by atoms with E-state index in [0.717, 1.165) is 10.8 Å². The summed E-state index contributed by atoms with van der Waals surface area (Å²) in [5, 5.41) is 34.6. The summed E-state index contributed by atoms with van der Waals surface area (Å²) in [6.07, 6.45) is -11.3. The molecule has 20 heteroatoms. The van der Waals surface area contributed by atoms with Crippen LogP contribution in [-0.2, 0) is 21.8 Å². The van der Waals surface area contributed by atoms with Crippen LogP contribution in [-0.4, -0.2) is 54.7 Å². The molecule has 4 aromatic rings. The number of carbonyl (C=O) groups is 2. The average molecular weight is 653 g/mol. The summed E-state index contributed by atoms with van der Waals surface area (Å²) >= 11 is 1.11. The van der Waals surface area contributed by atoms with Gasteiger partial charge in [0.2, 0.25) is 10.3 Å². The fourth-order valence-corrected chi connectivity index (χ4v) is 5.49. The van der Waals surface area contributed by atoms with E-state index in [9.17, 15) is 46.1 Å². The number of rotatable bonds is 9. The molecular formula is C23H18F6N6O6S2-2. The lowest BCUT2D eigenvalue weighted by molar-refractivity contribution is -0.280. The Morgan fingerprint density at radius 1 is 0.791 bits per heavy atom. The minimum atomic E-state index is -5.35. The highest BCUT2D eigenvalue weighted by Gasteiger charge is 2.45. The van der Waals surface area contributed by atoms with Gasteiger partial charge in [-0.1, -0.05) is 6.92 Å². The Hall–Kier alpha value is -4.20. The first-order valence-corrected chi connectivity index (χ1v) is 13.9. The number of halogens is 6. The molecule has 0 aliphatic heterocycles. The second-order valence-corrected chi connectivity index (χ2v) is 10.1. The summed E-state index contributed by atoms with van der Waals surface area (Å²) in [6.45, 7) is 4.08. The Morgan fingerprint density at radius 2 is 1.16 bits per heavy atom. The van der Waals surface area contributed by atoms with Crippen molar-refractivity contribution in [2.45, 2.75) is 45.5 Å². The monoisotopic (exact) mass is 652 g/mol. The average Bonchev–Trinajstić information content (AvgIpc) is 3.70. The van der Waals surface area contributed by atoms with Crippen LogP contribution in [0.25, 0.3) is 10.3 Å². The van der Waals surface area contributed by atoms with Gasteiger partial charge < -0.3 is 19.7 Å². The highest BCUT2D eigenvalue weighted by Crippen LogP contribution is 2.48. The van der Waals surface area contributed by atoms with Crippen LogP contribution < -0.4 is 10.2 Å². The number of carbonyl (C=O) groups excluding carboxylic acids is 2. The van der Waals surface area contributed by atoms with Crippen molar-refractivity contribution in [3.8, 4) is 22.0 Å². The summed E-state index contributed by atoms with van der Waals surface area (Å²) in [5.74, 6) is -6.98. The third-order valence-electron chi connectivity index (χ3n) is 5.71. The molecule has 0 aromatic carbocycles. The first-order chi connectivity index (χ1) is 20.1. The molecule has 0 saturated carbocycles. The Balaban J connectivity index is 1.91. The van der Waals surface area contributed by atoms with E-state index in [2.05, 4.69) is 20.2 Å². The summed E-state index contributed by atoms with van der Waals surface area (Å²) in [4.78, 5) is 31.5. The number of esters is 2. The maximum Gasteiger partial charge on any atom is 0.435 e. The molecule has 232 valence electrons. The Labute approximate surface area is 245 Å². The van der Waals surface area contributed by atoms with Gasteiger partial charge in [-0.05, 0) is 32.0 Å². The van der Waals surface area contributed by atoms with E-state index in [4.69, 9.17) is 9.47 Å². The van der Waals surface area contributed by atoms with Gasteiger partial charge in [0, 0.05) is 27.8 Å². The molecule has 0 unspecified atom stereocenters. The maximum absolute atomic E-state index is 14.2. The molecule has 0 aliphatic rings. The molecule has 0 saturated heterocycles. The predicted molar refractivity (Wildman–Crippen MR) is 131 cm³/mol. The largest absolute Gasteiger partial charge is 0.858 e. The zero-order valence-electron chi connectivity index (χ0n) is 22.1. The van der Waals surface area contributed by atoms with Crippen molar-refractivity contribution >= 4 is 34.6 Å². The second kappa shape index (κ2) is 11.8. The topological polar surface area (TPSA) is 160 Å². The van der Waals surface area contributed by atoms with Crippen LogP contribution >= 0.6 is 22.7 Å². The lowest BCUT2D eigenvalue weighted by Crippen LogP contribution is -2.17. The van der Waals surface area contributed by atoms with E-state index in [1.54, 1.807) is 0 Å². The highest BCUT2D eigenvalue weighted by molar-refractivity contribution is 7.12. The van der Waals surface area contributed by atoms with Crippen LogP contribution in [0.3, 0.4) is 0 Å². The van der Waals surface area contributed by atoms with Crippen molar-refractivity contribution in [2.24, 2.45) is 0 Å². The van der Waals surface area contributed by atoms with Crippen molar-refractivity contribution in [2.75, 3.05) is 13.2 Å². The van der Waals surface area contributed by atoms with Gasteiger partial charge in [0.05, 0.1) is 13.2 Å². The number of hydrogen-bond acceptors (Lipinski definition) is 12. The lowest BCUT2D eigenvalue weighted by Gasteiger charge is -2.24. The molecule has 0 aliphatic carbocycles. The zero-order chi connectivity index (χ0) is 31.9. The molecule has 0 atom stereocenters. The normalized spacial score (nSPS) is 12.2. The molecule has 4 heterocycles. The number of ether oxygens (including phenoxy) is 2. The molecule has 0 N–H and O–H groups in total. The van der Waals surface area contributed by atoms with E-state index in [0.29, 0.717) is 22.7 Å². The molecule has 0 bridgehead atoms. The standard InChI is InChI=1S/C23H20F6N6O6S2/c1-4-9(12-14(22(24,25)26)32-34(16(12)36)20-30-10(7-42-20)18(38)40-5-2)13-15(23(27,28)29)33-35(17(13)37)21-31-11(8-43-21)19(39)41-6-3/h7-9,36-37H,4-6H2,1-3H3/p-2. The van der Waals surface area contributed by atoms with Crippen LogP contribution in [0.4, 0.5) is 26.3 Å². The SMILES string of the molecule is CCOC(=O)c1csc(-n2nc(C(F)(F)F)c(C(CC)c3c(C(F)(F)F)nn(-c4nc(C(=O)OCC)cs4)c3[O-])c2[O-])n1. The summed E-state index contributed by atoms with van der Waals surface area (Å²) in [6, 6.07) is 0. The molecule has 4 aromatic heterocycles. The maximum atomic E-state index is 14.2. The fraction of sp³-hybridized carbons (Fsp3) is 0.391. The Bertz CT molecular complexity index is 1540. The van der Waals surface area contributed by atoms with E-state index < -0.39 is 81.2 Å². The highest BCUT2D eigenvalue weighted by atomic mass is 32.1. The molecule has 0 spiro atoms. The Kier molecular flexibility index (Phi) is 8.72. The number of alkyl halides is 6. The lowest BCUT2D eigenvalue weighted by atomic mass is 9.88. The van der Waals surface area contributed by atoms with Gasteiger partial charge in [-0.3, -0.25) is 0 Å². The molecule has 12 nitrogen and oxygen atoms in total. The van der Waals surface area contributed by atoms with E-state index in [1.807, 2.05) is 0 Å². The van der Waals surface area contributed by atoms with Crippen molar-refractivity contribution < 1.29 is 55.6 Å². The van der Waals surface area contributed by atoms with Crippen LogP contribution in [0.2, 0.25) is 0 Å². The van der Waals surface area contributed by atoms with E-state index in [-0.39, 0.29) is 34.0 Å². The van der Waals surface area contributed by atoms with Gasteiger partial charge in [-0.25, -0.2) is 28.9 Å². The third kappa shape index (κ3) is 6.01. The summed E-state index contributed by atoms with van der Waals surface area (Å²) in [7, 11) is 0. The van der Waals surface area contributed by atoms with Crippen molar-refractivity contribution in [3.63, 3.8) is 0 Å². The first-order valence-electron chi connectivity index (χ1n) is 12.1. The van der Waals surface area contributed by atoms with Gasteiger partial charge in [0.1, 0.15) is 0 Å². The minimum Gasteiger partial charge on any atom is -0.858 e. The van der Waals surface area contributed by atoms with Crippen LogP contribution in [0.1, 0.15) is 76.6 Å². The van der Waals surface area contributed by atoms with Gasteiger partial charge in [-0.2, -0.15) is 36.5 Å². The zero-order valence-corrected chi connectivity index (χ0v) is 23.7. The second-order valence-electron chi connectivity index (χ2n) is 8.39. The van der Waals surface area contributed by atoms with Crippen LogP contribution in [0, 0.1) is 0 Å². The van der Waals surface area contributed by atoms with E-state index in [1.165, 1.54) is 20.8 Å². The van der Waals surface area contributed by atoms with Gasteiger partial charge in [-0.15, -0.1) is 22.7 Å². The molecule has 43 heavy (non-hydrogen) atoms. The van der Waals surface area contributed by atoms with Crippen LogP contribution in [0.15, 0.2) is 10.8 Å². The predicted octanol–water partition coefficient (Wildman–Crippen LogP) is 4.05. The van der Waals surface area contributed by atoms with Crippen LogP contribution in [0.5, 0.6) is 11.8 Å². The summed E-state index contributed by atoms with van der Waals surface area (Å²) < 4.78 is 94.9. The first kappa shape index (κ1) is 31.7. The van der Waals surface area contributed by atoms with E-state index >= 15 is 0 Å². The Morgan fingerprint density at radius 3 is 1.47 bits per heavy atom. The number of hydrogen-bond donors (Lipinski definition) is 0. The van der Waals surface area contributed by atoms with Gasteiger partial charge >= 0.3 is 24.3 Å².